The molecule has 0 aromatic rings. The molecule has 0 aliphatic heterocycles. The predicted octanol–water partition coefficient (Wildman–Crippen LogP) is 0.897. The zero-order chi connectivity index (χ0) is 13.1. The summed E-state index contributed by atoms with van der Waals surface area (Å²) in [5, 5.41) is 17.8. The number of rotatable bonds is 11. The molecule has 0 saturated carbocycles. The molecule has 0 aromatic heterocycles. The van der Waals surface area contributed by atoms with Crippen molar-refractivity contribution in [3.63, 3.8) is 0 Å². The van der Waals surface area contributed by atoms with E-state index in [0.717, 1.165) is 0 Å². The predicted molar refractivity (Wildman–Crippen MR) is 69.4 cm³/mol. The summed E-state index contributed by atoms with van der Waals surface area (Å²) >= 11 is 0. The first-order chi connectivity index (χ1) is 8.11. The van der Waals surface area contributed by atoms with Crippen molar-refractivity contribution in [1.29, 1.82) is 0 Å². The van der Waals surface area contributed by atoms with Gasteiger partial charge in [-0.2, -0.15) is 0 Å². The van der Waals surface area contributed by atoms with Crippen molar-refractivity contribution in [2.24, 2.45) is 0 Å². The normalized spacial score (nSPS) is 14.5. The molecule has 5 nitrogen and oxygen atoms in total. The topological polar surface area (TPSA) is 70.0 Å². The van der Waals surface area contributed by atoms with Crippen molar-refractivity contribution in [3.8, 4) is 0 Å². The standard InChI is InChI=1S/C11H22NO4P/c1-3-9-16-17(15,10-4-2)11-12(5-7-13)6-8-14/h3-4,13-14H,1-2,5-11H2. The largest absolute Gasteiger partial charge is 0.395 e. The monoisotopic (exact) mass is 263 g/mol. The van der Waals surface area contributed by atoms with Crippen molar-refractivity contribution >= 4 is 7.37 Å². The molecule has 100 valence electrons. The Bertz CT molecular complexity index is 264. The zero-order valence-corrected chi connectivity index (χ0v) is 11.0. The van der Waals surface area contributed by atoms with E-state index in [4.69, 9.17) is 14.7 Å². The van der Waals surface area contributed by atoms with E-state index in [1.165, 1.54) is 6.08 Å². The Morgan fingerprint density at radius 3 is 2.18 bits per heavy atom. The number of aliphatic hydroxyl groups is 2. The Labute approximate surface area is 103 Å². The molecule has 0 amide bonds. The SMILES string of the molecule is C=CCOP(=O)(CC=C)CN(CCO)CCO. The summed E-state index contributed by atoms with van der Waals surface area (Å²) in [6.45, 7) is 7.92. The van der Waals surface area contributed by atoms with Gasteiger partial charge in [-0.15, -0.1) is 13.2 Å². The number of allylic oxidation sites excluding steroid dienone is 1. The number of hydrogen-bond donors (Lipinski definition) is 2. The van der Waals surface area contributed by atoms with E-state index in [2.05, 4.69) is 13.2 Å². The molecule has 1 unspecified atom stereocenters. The highest BCUT2D eigenvalue weighted by Crippen LogP contribution is 2.47. The lowest BCUT2D eigenvalue weighted by Gasteiger charge is -2.25. The van der Waals surface area contributed by atoms with E-state index in [1.807, 2.05) is 0 Å². The fraction of sp³-hybridized carbons (Fsp3) is 0.636. The highest BCUT2D eigenvalue weighted by molar-refractivity contribution is 7.59. The van der Waals surface area contributed by atoms with Gasteiger partial charge in [0, 0.05) is 19.3 Å². The van der Waals surface area contributed by atoms with E-state index in [0.29, 0.717) is 13.1 Å². The zero-order valence-electron chi connectivity index (χ0n) is 10.1. The van der Waals surface area contributed by atoms with Crippen molar-refractivity contribution in [2.75, 3.05) is 45.4 Å². The van der Waals surface area contributed by atoms with Gasteiger partial charge in [-0.3, -0.25) is 9.46 Å². The van der Waals surface area contributed by atoms with Crippen LogP contribution in [0.25, 0.3) is 0 Å². The van der Waals surface area contributed by atoms with Crippen molar-refractivity contribution < 1.29 is 19.3 Å². The van der Waals surface area contributed by atoms with Crippen LogP contribution >= 0.6 is 7.37 Å². The first-order valence-corrected chi connectivity index (χ1v) is 7.50. The van der Waals surface area contributed by atoms with Gasteiger partial charge in [0.1, 0.15) is 0 Å². The molecule has 0 saturated heterocycles. The summed E-state index contributed by atoms with van der Waals surface area (Å²) in [7, 11) is -2.84. The lowest BCUT2D eigenvalue weighted by molar-refractivity contribution is 0.172. The summed E-state index contributed by atoms with van der Waals surface area (Å²) in [6.07, 6.45) is 3.57. The summed E-state index contributed by atoms with van der Waals surface area (Å²) in [4.78, 5) is 1.72. The summed E-state index contributed by atoms with van der Waals surface area (Å²) < 4.78 is 17.7. The minimum atomic E-state index is -2.84. The van der Waals surface area contributed by atoms with Gasteiger partial charge in [0.2, 0.25) is 7.37 Å². The Morgan fingerprint density at radius 1 is 1.18 bits per heavy atom. The van der Waals surface area contributed by atoms with Gasteiger partial charge < -0.3 is 14.7 Å². The molecule has 0 aliphatic rings. The summed E-state index contributed by atoms with van der Waals surface area (Å²) in [5.41, 5.74) is 0. The van der Waals surface area contributed by atoms with Crippen LogP contribution < -0.4 is 0 Å². The molecule has 0 aromatic carbocycles. The molecule has 0 fully saturated rings. The second kappa shape index (κ2) is 9.57. The molecule has 0 heterocycles. The number of aliphatic hydroxyl groups excluding tert-OH is 2. The highest BCUT2D eigenvalue weighted by atomic mass is 31.2. The lowest BCUT2D eigenvalue weighted by atomic mass is 10.5. The molecule has 0 rings (SSSR count). The van der Waals surface area contributed by atoms with Crippen molar-refractivity contribution in [2.45, 2.75) is 0 Å². The van der Waals surface area contributed by atoms with Crippen LogP contribution in [0.5, 0.6) is 0 Å². The van der Waals surface area contributed by atoms with E-state index in [-0.39, 0.29) is 32.3 Å². The van der Waals surface area contributed by atoms with Crippen LogP contribution in [0.3, 0.4) is 0 Å². The van der Waals surface area contributed by atoms with Crippen LogP contribution in [0.2, 0.25) is 0 Å². The van der Waals surface area contributed by atoms with E-state index in [9.17, 15) is 4.57 Å². The van der Waals surface area contributed by atoms with E-state index >= 15 is 0 Å². The van der Waals surface area contributed by atoms with Gasteiger partial charge in [0.05, 0.1) is 26.1 Å². The summed E-state index contributed by atoms with van der Waals surface area (Å²) in [5.74, 6) is 0. The maximum absolute atomic E-state index is 12.4. The van der Waals surface area contributed by atoms with Gasteiger partial charge in [0.15, 0.2) is 0 Å². The minimum absolute atomic E-state index is 0.0461. The maximum Gasteiger partial charge on any atom is 0.220 e. The molecule has 17 heavy (non-hydrogen) atoms. The average molecular weight is 263 g/mol. The van der Waals surface area contributed by atoms with Crippen LogP contribution in [0, 0.1) is 0 Å². The molecule has 2 N–H and O–H groups in total. The molecule has 0 radical (unpaired) electrons. The Morgan fingerprint density at radius 2 is 1.76 bits per heavy atom. The van der Waals surface area contributed by atoms with E-state index < -0.39 is 7.37 Å². The number of nitrogens with zero attached hydrogens (tertiary/aromatic N) is 1. The van der Waals surface area contributed by atoms with Crippen molar-refractivity contribution in [1.82, 2.24) is 4.90 Å². The Kier molecular flexibility index (Phi) is 9.31. The quantitative estimate of drug-likeness (QED) is 0.428. The van der Waals surface area contributed by atoms with Crippen LogP contribution in [0.4, 0.5) is 0 Å². The van der Waals surface area contributed by atoms with E-state index in [1.54, 1.807) is 11.0 Å². The first-order valence-electron chi connectivity index (χ1n) is 5.50. The van der Waals surface area contributed by atoms with Crippen LogP contribution in [-0.2, 0) is 9.09 Å². The molecule has 1 atom stereocenters. The molecular formula is C11H22NO4P. The second-order valence-corrected chi connectivity index (χ2v) is 6.11. The third kappa shape index (κ3) is 7.47. The molecular weight excluding hydrogens is 241 g/mol. The van der Waals surface area contributed by atoms with Crippen LogP contribution in [0.1, 0.15) is 0 Å². The van der Waals surface area contributed by atoms with Crippen LogP contribution in [0.15, 0.2) is 25.3 Å². The summed E-state index contributed by atoms with van der Waals surface area (Å²) in [6, 6.07) is 0. The van der Waals surface area contributed by atoms with Gasteiger partial charge >= 0.3 is 0 Å². The smallest absolute Gasteiger partial charge is 0.220 e. The van der Waals surface area contributed by atoms with Gasteiger partial charge in [-0.1, -0.05) is 12.2 Å². The van der Waals surface area contributed by atoms with Crippen molar-refractivity contribution in [3.05, 3.63) is 25.3 Å². The first kappa shape index (κ1) is 16.6. The van der Waals surface area contributed by atoms with Gasteiger partial charge in [0.25, 0.3) is 0 Å². The third-order valence-electron chi connectivity index (χ3n) is 2.08. The molecule has 0 aliphatic carbocycles. The average Bonchev–Trinajstić information content (AvgIpc) is 2.27. The fourth-order valence-corrected chi connectivity index (χ4v) is 3.34. The fourth-order valence-electron chi connectivity index (χ4n) is 1.38. The van der Waals surface area contributed by atoms with Crippen LogP contribution in [-0.4, -0.2) is 60.5 Å². The Balaban J connectivity index is 4.50. The lowest BCUT2D eigenvalue weighted by Crippen LogP contribution is -2.31. The second-order valence-electron chi connectivity index (χ2n) is 3.58. The van der Waals surface area contributed by atoms with Gasteiger partial charge in [-0.05, 0) is 0 Å². The highest BCUT2D eigenvalue weighted by Gasteiger charge is 2.24. The Hall–Kier alpha value is -0.450. The van der Waals surface area contributed by atoms with Gasteiger partial charge in [-0.25, -0.2) is 0 Å². The molecule has 0 bridgehead atoms. The molecule has 6 heteroatoms. The third-order valence-corrected chi connectivity index (χ3v) is 4.35. The number of hydrogen-bond acceptors (Lipinski definition) is 5. The maximum atomic E-state index is 12.4. The minimum Gasteiger partial charge on any atom is -0.395 e. The molecule has 0 spiro atoms.